The molecule has 1 aromatic carbocycles. The third-order valence-corrected chi connectivity index (χ3v) is 7.57. The minimum atomic E-state index is -0.0594. The van der Waals surface area contributed by atoms with Gasteiger partial charge in [0.2, 0.25) is 5.91 Å². The number of carbonyl (C=O) groups excluding carboxylic acids is 1. The fourth-order valence-electron chi connectivity index (χ4n) is 4.71. The number of rotatable bonds is 5. The molecular formula is C21H31NO3S. The molecule has 4 nitrogen and oxygen atoms in total. The molecule has 1 aromatic rings. The molecule has 1 saturated heterocycles. The normalized spacial score (nSPS) is 28.8. The molecule has 2 fully saturated rings. The highest BCUT2D eigenvalue weighted by Crippen LogP contribution is 2.54. The molecule has 1 spiro atoms. The Morgan fingerprint density at radius 1 is 1.23 bits per heavy atom. The van der Waals surface area contributed by atoms with Gasteiger partial charge >= 0.3 is 0 Å². The zero-order chi connectivity index (χ0) is 18.9. The molecule has 0 N–H and O–H groups in total. The number of methoxy groups -OCH3 is 2. The molecule has 2 aliphatic rings. The van der Waals surface area contributed by atoms with Crippen molar-refractivity contribution in [2.45, 2.75) is 51.4 Å². The molecule has 3 rings (SSSR count). The topological polar surface area (TPSA) is 38.8 Å². The lowest BCUT2D eigenvalue weighted by atomic mass is 9.72. The Morgan fingerprint density at radius 3 is 2.62 bits per heavy atom. The Hall–Kier alpha value is -1.36. The van der Waals surface area contributed by atoms with Crippen molar-refractivity contribution >= 4 is 17.7 Å². The van der Waals surface area contributed by atoms with Crippen LogP contribution in [0.15, 0.2) is 18.2 Å². The first kappa shape index (κ1) is 19.4. The van der Waals surface area contributed by atoms with Gasteiger partial charge in [0.15, 0.2) is 11.5 Å². The summed E-state index contributed by atoms with van der Waals surface area (Å²) in [6.45, 7) is 7.58. The summed E-state index contributed by atoms with van der Waals surface area (Å²) in [4.78, 5) is 15.0. The summed E-state index contributed by atoms with van der Waals surface area (Å²) < 4.78 is 10.8. The van der Waals surface area contributed by atoms with Crippen molar-refractivity contribution in [2.24, 2.45) is 17.8 Å². The minimum Gasteiger partial charge on any atom is -0.493 e. The first-order chi connectivity index (χ1) is 12.4. The molecule has 26 heavy (non-hydrogen) atoms. The average Bonchev–Trinajstić information content (AvgIpc) is 2.91. The van der Waals surface area contributed by atoms with Gasteiger partial charge in [0.25, 0.3) is 0 Å². The number of hydrogen-bond donors (Lipinski definition) is 0. The van der Waals surface area contributed by atoms with Crippen LogP contribution in [-0.2, 0) is 11.3 Å². The summed E-state index contributed by atoms with van der Waals surface area (Å²) in [5.41, 5.74) is 1.10. The van der Waals surface area contributed by atoms with Crippen LogP contribution in [0.4, 0.5) is 0 Å². The Bertz CT molecular complexity index is 663. The largest absolute Gasteiger partial charge is 0.493 e. The third-order valence-electron chi connectivity index (χ3n) is 5.99. The van der Waals surface area contributed by atoms with Gasteiger partial charge in [0.1, 0.15) is 0 Å². The van der Waals surface area contributed by atoms with Crippen molar-refractivity contribution in [3.63, 3.8) is 0 Å². The van der Waals surface area contributed by atoms with Crippen molar-refractivity contribution in [2.75, 3.05) is 20.0 Å². The van der Waals surface area contributed by atoms with Crippen LogP contribution in [0, 0.1) is 17.8 Å². The molecule has 0 aromatic heterocycles. The van der Waals surface area contributed by atoms with Crippen LogP contribution in [-0.4, -0.2) is 35.7 Å². The molecule has 5 heteroatoms. The van der Waals surface area contributed by atoms with Crippen molar-refractivity contribution in [1.29, 1.82) is 0 Å². The maximum absolute atomic E-state index is 12.9. The van der Waals surface area contributed by atoms with E-state index in [1.165, 1.54) is 12.8 Å². The molecule has 1 aliphatic carbocycles. The maximum Gasteiger partial charge on any atom is 0.234 e. The van der Waals surface area contributed by atoms with Crippen LogP contribution in [0.2, 0.25) is 0 Å². The maximum atomic E-state index is 12.9. The van der Waals surface area contributed by atoms with Gasteiger partial charge in [-0.15, -0.1) is 11.8 Å². The lowest BCUT2D eigenvalue weighted by Crippen LogP contribution is -2.53. The van der Waals surface area contributed by atoms with Gasteiger partial charge in [-0.05, 0) is 48.3 Å². The number of benzene rings is 1. The van der Waals surface area contributed by atoms with E-state index in [9.17, 15) is 4.79 Å². The van der Waals surface area contributed by atoms with E-state index in [1.807, 2.05) is 30.0 Å². The zero-order valence-electron chi connectivity index (χ0n) is 16.6. The fourth-order valence-corrected chi connectivity index (χ4v) is 6.57. The molecule has 0 unspecified atom stereocenters. The number of nitrogens with zero attached hydrogens (tertiary/aromatic N) is 1. The molecule has 3 atom stereocenters. The van der Waals surface area contributed by atoms with E-state index in [1.54, 1.807) is 14.2 Å². The summed E-state index contributed by atoms with van der Waals surface area (Å²) >= 11 is 1.88. The monoisotopic (exact) mass is 377 g/mol. The average molecular weight is 378 g/mol. The van der Waals surface area contributed by atoms with Gasteiger partial charge < -0.3 is 14.4 Å². The predicted octanol–water partition coefficient (Wildman–Crippen LogP) is 4.57. The fraction of sp³-hybridized carbons (Fsp3) is 0.667. The number of amides is 1. The second kappa shape index (κ2) is 7.71. The van der Waals surface area contributed by atoms with Crippen LogP contribution in [0.1, 0.15) is 45.6 Å². The second-order valence-electron chi connectivity index (χ2n) is 8.04. The Kier molecular flexibility index (Phi) is 5.75. The molecule has 1 saturated carbocycles. The Morgan fingerprint density at radius 2 is 1.96 bits per heavy atom. The highest BCUT2D eigenvalue weighted by Gasteiger charge is 2.54. The summed E-state index contributed by atoms with van der Waals surface area (Å²) in [6.07, 6.45) is 3.57. The molecule has 0 radical (unpaired) electrons. The Balaban J connectivity index is 1.92. The molecule has 1 aliphatic heterocycles. The second-order valence-corrected chi connectivity index (χ2v) is 9.32. The summed E-state index contributed by atoms with van der Waals surface area (Å²) in [5, 5.41) is 0. The van der Waals surface area contributed by atoms with Gasteiger partial charge in [-0.25, -0.2) is 0 Å². The lowest BCUT2D eigenvalue weighted by molar-refractivity contribution is -0.134. The van der Waals surface area contributed by atoms with Crippen LogP contribution < -0.4 is 9.47 Å². The lowest BCUT2D eigenvalue weighted by Gasteiger charge is -2.50. The predicted molar refractivity (Wildman–Crippen MR) is 107 cm³/mol. The van der Waals surface area contributed by atoms with E-state index in [-0.39, 0.29) is 10.8 Å². The third kappa shape index (κ3) is 3.42. The molecule has 144 valence electrons. The number of hydrogen-bond acceptors (Lipinski definition) is 4. The van der Waals surface area contributed by atoms with Crippen LogP contribution in [0.5, 0.6) is 11.5 Å². The highest BCUT2D eigenvalue weighted by atomic mass is 32.2. The van der Waals surface area contributed by atoms with Gasteiger partial charge in [-0.3, -0.25) is 4.79 Å². The Labute approximate surface area is 161 Å². The van der Waals surface area contributed by atoms with Crippen molar-refractivity contribution in [1.82, 2.24) is 4.90 Å². The zero-order valence-corrected chi connectivity index (χ0v) is 17.4. The van der Waals surface area contributed by atoms with E-state index < -0.39 is 0 Å². The summed E-state index contributed by atoms with van der Waals surface area (Å²) in [5.74, 6) is 4.10. The number of carbonyl (C=O) groups is 1. The molecule has 1 amide bonds. The molecule has 0 bridgehead atoms. The van der Waals surface area contributed by atoms with E-state index in [0.717, 1.165) is 23.5 Å². The van der Waals surface area contributed by atoms with E-state index in [4.69, 9.17) is 9.47 Å². The van der Waals surface area contributed by atoms with Gasteiger partial charge in [0, 0.05) is 6.54 Å². The van der Waals surface area contributed by atoms with Gasteiger partial charge in [0.05, 0.1) is 24.8 Å². The van der Waals surface area contributed by atoms with Crippen LogP contribution >= 0.6 is 11.8 Å². The number of thioether (sulfide) groups is 1. The van der Waals surface area contributed by atoms with Crippen molar-refractivity contribution in [3.05, 3.63) is 23.8 Å². The quantitative estimate of drug-likeness (QED) is 0.754. The SMILES string of the molecule is COc1ccc(CN2C(=O)CS[C@]23C[C@H](C)CC[C@H]3C(C)C)cc1OC. The van der Waals surface area contributed by atoms with Crippen molar-refractivity contribution in [3.8, 4) is 11.5 Å². The summed E-state index contributed by atoms with van der Waals surface area (Å²) in [7, 11) is 3.29. The number of ether oxygens (including phenoxy) is 2. The van der Waals surface area contributed by atoms with E-state index in [2.05, 4.69) is 25.7 Å². The van der Waals surface area contributed by atoms with Crippen LogP contribution in [0.3, 0.4) is 0 Å². The molecular weight excluding hydrogens is 346 g/mol. The first-order valence-electron chi connectivity index (χ1n) is 9.56. The minimum absolute atomic E-state index is 0.0594. The first-order valence-corrected chi connectivity index (χ1v) is 10.5. The standard InChI is InChI=1S/C21H31NO3S/c1-14(2)17-8-6-15(3)11-21(17)22(20(23)13-26-21)12-16-7-9-18(24-4)19(10-16)25-5/h7,9-10,14-15,17H,6,8,11-13H2,1-5H3/t15-,17+,21+/m1/s1. The van der Waals surface area contributed by atoms with Crippen molar-refractivity contribution < 1.29 is 14.3 Å². The van der Waals surface area contributed by atoms with Gasteiger partial charge in [-0.2, -0.15) is 0 Å². The smallest absolute Gasteiger partial charge is 0.234 e. The van der Waals surface area contributed by atoms with Gasteiger partial charge in [-0.1, -0.05) is 33.3 Å². The highest BCUT2D eigenvalue weighted by molar-refractivity contribution is 8.01. The van der Waals surface area contributed by atoms with E-state index >= 15 is 0 Å². The molecule has 1 heterocycles. The summed E-state index contributed by atoms with van der Waals surface area (Å²) in [6, 6.07) is 5.97. The van der Waals surface area contributed by atoms with E-state index in [0.29, 0.717) is 30.1 Å². The van der Waals surface area contributed by atoms with Crippen LogP contribution in [0.25, 0.3) is 0 Å².